The Hall–Kier alpha value is -0.590. The normalized spacial score (nSPS) is 11.0. The highest BCUT2D eigenvalue weighted by Gasteiger charge is 2.07. The summed E-state index contributed by atoms with van der Waals surface area (Å²) < 4.78 is 0. The summed E-state index contributed by atoms with van der Waals surface area (Å²) >= 11 is 5.23. The smallest absolute Gasteiger partial charge is 0.0525 e. The molecule has 0 amide bonds. The van der Waals surface area contributed by atoms with Crippen LogP contribution in [0, 0.1) is 0 Å². The first-order valence-electron chi connectivity index (χ1n) is 8.62. The number of hydrogen-bond acceptors (Lipinski definition) is 5. The zero-order valence-electron chi connectivity index (χ0n) is 14.8. The van der Waals surface area contributed by atoms with Gasteiger partial charge in [0.25, 0.3) is 0 Å². The predicted molar refractivity (Wildman–Crippen MR) is 111 cm³/mol. The fraction of sp³-hybridized carbons (Fsp3) is 0.400. The first kappa shape index (κ1) is 20.7. The SMILES string of the molecule is CCc1cc(Sc2ccc(SCCO)c(CC)c2)ccc1SCCO. The molecular formula is C20H26O2S3. The second-order valence-electron chi connectivity index (χ2n) is 5.49. The van der Waals surface area contributed by atoms with Crippen LogP contribution in [0.25, 0.3) is 0 Å². The van der Waals surface area contributed by atoms with E-state index in [2.05, 4.69) is 50.2 Å². The van der Waals surface area contributed by atoms with E-state index >= 15 is 0 Å². The van der Waals surface area contributed by atoms with Crippen molar-refractivity contribution in [2.45, 2.75) is 46.3 Å². The summed E-state index contributed by atoms with van der Waals surface area (Å²) in [6, 6.07) is 13.2. The molecule has 0 saturated heterocycles. The standard InChI is InChI=1S/C20H26O2S3/c1-3-15-13-17(5-7-19(15)23-11-9-21)25-18-6-8-20(24-12-10-22)16(4-2)14-18/h5-8,13-14,21-22H,3-4,9-12H2,1-2H3. The van der Waals surface area contributed by atoms with Crippen LogP contribution >= 0.6 is 35.3 Å². The highest BCUT2D eigenvalue weighted by atomic mass is 32.2. The zero-order chi connectivity index (χ0) is 18.1. The van der Waals surface area contributed by atoms with Crippen LogP contribution < -0.4 is 0 Å². The maximum absolute atomic E-state index is 9.03. The van der Waals surface area contributed by atoms with E-state index in [0.29, 0.717) is 0 Å². The van der Waals surface area contributed by atoms with Gasteiger partial charge in [-0.25, -0.2) is 0 Å². The molecule has 2 aromatic carbocycles. The van der Waals surface area contributed by atoms with Crippen LogP contribution in [0.4, 0.5) is 0 Å². The molecule has 2 N–H and O–H groups in total. The Morgan fingerprint density at radius 2 is 1.16 bits per heavy atom. The van der Waals surface area contributed by atoms with Gasteiger partial charge in [-0.15, -0.1) is 23.5 Å². The van der Waals surface area contributed by atoms with Gasteiger partial charge in [0.05, 0.1) is 13.2 Å². The number of benzene rings is 2. The second kappa shape index (κ2) is 11.2. The van der Waals surface area contributed by atoms with Crippen LogP contribution in [0.1, 0.15) is 25.0 Å². The molecule has 0 spiro atoms. The molecule has 0 aliphatic rings. The van der Waals surface area contributed by atoms with Crippen molar-refractivity contribution < 1.29 is 10.2 Å². The summed E-state index contributed by atoms with van der Waals surface area (Å²) in [5, 5.41) is 18.1. The van der Waals surface area contributed by atoms with Gasteiger partial charge in [-0.3, -0.25) is 0 Å². The van der Waals surface area contributed by atoms with Gasteiger partial charge in [0.15, 0.2) is 0 Å². The van der Waals surface area contributed by atoms with Crippen molar-refractivity contribution in [2.75, 3.05) is 24.7 Å². The third-order valence-electron chi connectivity index (χ3n) is 3.76. The number of aryl methyl sites for hydroxylation is 2. The van der Waals surface area contributed by atoms with Crippen molar-refractivity contribution in [3.05, 3.63) is 47.5 Å². The Morgan fingerprint density at radius 1 is 0.720 bits per heavy atom. The number of aliphatic hydroxyl groups excluding tert-OH is 2. The van der Waals surface area contributed by atoms with E-state index < -0.39 is 0 Å². The lowest BCUT2D eigenvalue weighted by Crippen LogP contribution is -1.92. The van der Waals surface area contributed by atoms with Crippen LogP contribution in [0.5, 0.6) is 0 Å². The van der Waals surface area contributed by atoms with Crippen molar-refractivity contribution >= 4 is 35.3 Å². The number of thioether (sulfide) groups is 2. The summed E-state index contributed by atoms with van der Waals surface area (Å²) in [5.41, 5.74) is 2.68. The minimum Gasteiger partial charge on any atom is -0.396 e. The molecule has 5 heteroatoms. The Kier molecular flexibility index (Phi) is 9.28. The molecule has 0 fully saturated rings. The third kappa shape index (κ3) is 6.26. The number of hydrogen-bond donors (Lipinski definition) is 2. The summed E-state index contributed by atoms with van der Waals surface area (Å²) in [6.45, 7) is 4.78. The van der Waals surface area contributed by atoms with E-state index in [1.54, 1.807) is 35.3 Å². The van der Waals surface area contributed by atoms with Crippen molar-refractivity contribution in [3.63, 3.8) is 0 Å². The monoisotopic (exact) mass is 394 g/mol. The Bertz CT molecular complexity index is 616. The largest absolute Gasteiger partial charge is 0.396 e. The molecule has 0 saturated carbocycles. The van der Waals surface area contributed by atoms with Gasteiger partial charge in [0.1, 0.15) is 0 Å². The van der Waals surface area contributed by atoms with Crippen LogP contribution in [0.3, 0.4) is 0 Å². The van der Waals surface area contributed by atoms with Gasteiger partial charge in [-0.1, -0.05) is 25.6 Å². The highest BCUT2D eigenvalue weighted by molar-refractivity contribution is 8.00. The minimum atomic E-state index is 0.213. The van der Waals surface area contributed by atoms with Gasteiger partial charge in [0, 0.05) is 31.1 Å². The first-order valence-corrected chi connectivity index (χ1v) is 11.4. The number of aliphatic hydroxyl groups is 2. The zero-order valence-corrected chi connectivity index (χ0v) is 17.3. The molecule has 0 radical (unpaired) electrons. The number of rotatable bonds is 10. The maximum Gasteiger partial charge on any atom is 0.0525 e. The van der Waals surface area contributed by atoms with Gasteiger partial charge < -0.3 is 10.2 Å². The van der Waals surface area contributed by atoms with E-state index in [1.165, 1.54) is 30.7 Å². The lowest BCUT2D eigenvalue weighted by Gasteiger charge is -2.12. The maximum atomic E-state index is 9.03. The lowest BCUT2D eigenvalue weighted by atomic mass is 10.2. The van der Waals surface area contributed by atoms with Gasteiger partial charge in [-0.05, 0) is 60.4 Å². The Morgan fingerprint density at radius 3 is 1.52 bits per heavy atom. The van der Waals surface area contributed by atoms with Gasteiger partial charge in [0.2, 0.25) is 0 Å². The fourth-order valence-corrected chi connectivity index (χ4v) is 5.20. The average molecular weight is 395 g/mol. The molecule has 2 nitrogen and oxygen atoms in total. The van der Waals surface area contributed by atoms with Crippen LogP contribution in [-0.4, -0.2) is 34.9 Å². The first-order chi connectivity index (χ1) is 12.2. The second-order valence-corrected chi connectivity index (χ2v) is 8.91. The molecule has 0 heterocycles. The molecule has 0 aliphatic heterocycles. The molecule has 0 bridgehead atoms. The van der Waals surface area contributed by atoms with E-state index in [1.807, 2.05) is 0 Å². The molecule has 2 rings (SSSR count). The molecule has 2 aromatic rings. The van der Waals surface area contributed by atoms with Crippen molar-refractivity contribution in [1.82, 2.24) is 0 Å². The van der Waals surface area contributed by atoms with Crippen molar-refractivity contribution in [1.29, 1.82) is 0 Å². The quantitative estimate of drug-likeness (QED) is 0.547. The molecule has 0 unspecified atom stereocenters. The van der Waals surface area contributed by atoms with Gasteiger partial charge in [-0.2, -0.15) is 0 Å². The summed E-state index contributed by atoms with van der Waals surface area (Å²) in [4.78, 5) is 5.04. The van der Waals surface area contributed by atoms with Gasteiger partial charge >= 0.3 is 0 Å². The topological polar surface area (TPSA) is 40.5 Å². The summed E-state index contributed by atoms with van der Waals surface area (Å²) in [6.07, 6.45) is 2.00. The average Bonchev–Trinajstić information content (AvgIpc) is 2.65. The fourth-order valence-electron chi connectivity index (χ4n) is 2.52. The third-order valence-corrected chi connectivity index (χ3v) is 6.93. The van der Waals surface area contributed by atoms with Crippen molar-refractivity contribution in [3.8, 4) is 0 Å². The Labute approximate surface area is 163 Å². The highest BCUT2D eigenvalue weighted by Crippen LogP contribution is 2.35. The predicted octanol–water partition coefficient (Wildman–Crippen LogP) is 5.13. The molecular weight excluding hydrogens is 368 g/mol. The molecule has 0 atom stereocenters. The molecule has 0 aromatic heterocycles. The van der Waals surface area contributed by atoms with E-state index in [4.69, 9.17) is 10.2 Å². The van der Waals surface area contributed by atoms with Crippen LogP contribution in [0.15, 0.2) is 56.0 Å². The summed E-state index contributed by atoms with van der Waals surface area (Å²) in [7, 11) is 0. The molecule has 136 valence electrons. The molecule has 0 aliphatic carbocycles. The van der Waals surface area contributed by atoms with Crippen LogP contribution in [-0.2, 0) is 12.8 Å². The lowest BCUT2D eigenvalue weighted by molar-refractivity contribution is 0.322. The van der Waals surface area contributed by atoms with E-state index in [-0.39, 0.29) is 13.2 Å². The summed E-state index contributed by atoms with van der Waals surface area (Å²) in [5.74, 6) is 1.48. The van der Waals surface area contributed by atoms with E-state index in [9.17, 15) is 0 Å². The molecule has 25 heavy (non-hydrogen) atoms. The van der Waals surface area contributed by atoms with Crippen molar-refractivity contribution in [2.24, 2.45) is 0 Å². The minimum absolute atomic E-state index is 0.213. The van der Waals surface area contributed by atoms with Crippen LogP contribution in [0.2, 0.25) is 0 Å². The van der Waals surface area contributed by atoms with E-state index in [0.717, 1.165) is 24.3 Å². The Balaban J connectivity index is 2.15.